The SMILES string of the molecule is CC(C)CNCc1ccc(OCC(=O)OC(C)C)c(F)c1. The van der Waals surface area contributed by atoms with Crippen molar-refractivity contribution in [1.82, 2.24) is 5.32 Å². The maximum atomic E-state index is 13.8. The van der Waals surface area contributed by atoms with E-state index in [-0.39, 0.29) is 18.5 Å². The molecule has 0 spiro atoms. The molecule has 1 aromatic carbocycles. The van der Waals surface area contributed by atoms with E-state index in [1.165, 1.54) is 12.1 Å². The standard InChI is InChI=1S/C16H24FNO3/c1-11(2)8-18-9-13-5-6-15(14(17)7-13)20-10-16(19)21-12(3)4/h5-7,11-12,18H,8-10H2,1-4H3. The summed E-state index contributed by atoms with van der Waals surface area (Å²) in [6, 6.07) is 4.72. The van der Waals surface area contributed by atoms with Crippen molar-refractivity contribution < 1.29 is 18.7 Å². The van der Waals surface area contributed by atoms with E-state index in [1.54, 1.807) is 19.9 Å². The summed E-state index contributed by atoms with van der Waals surface area (Å²) in [4.78, 5) is 11.3. The Balaban J connectivity index is 2.48. The van der Waals surface area contributed by atoms with Crippen molar-refractivity contribution in [3.8, 4) is 5.75 Å². The van der Waals surface area contributed by atoms with Crippen LogP contribution < -0.4 is 10.1 Å². The van der Waals surface area contributed by atoms with Gasteiger partial charge < -0.3 is 14.8 Å². The normalized spacial score (nSPS) is 11.0. The van der Waals surface area contributed by atoms with E-state index in [0.29, 0.717) is 12.5 Å². The number of benzene rings is 1. The molecule has 0 heterocycles. The molecule has 0 radical (unpaired) electrons. The molecule has 1 aromatic rings. The van der Waals surface area contributed by atoms with Gasteiger partial charge in [-0.1, -0.05) is 19.9 Å². The minimum Gasteiger partial charge on any atom is -0.479 e. The highest BCUT2D eigenvalue weighted by Gasteiger charge is 2.10. The average molecular weight is 297 g/mol. The Morgan fingerprint density at radius 1 is 1.29 bits per heavy atom. The summed E-state index contributed by atoms with van der Waals surface area (Å²) >= 11 is 0. The topological polar surface area (TPSA) is 47.6 Å². The minimum absolute atomic E-state index is 0.0586. The van der Waals surface area contributed by atoms with Gasteiger partial charge in [-0.15, -0.1) is 0 Å². The van der Waals surface area contributed by atoms with Gasteiger partial charge in [-0.05, 0) is 44.0 Å². The molecule has 118 valence electrons. The molecule has 0 bridgehead atoms. The second kappa shape index (κ2) is 8.62. The average Bonchev–Trinajstić information content (AvgIpc) is 2.36. The van der Waals surface area contributed by atoms with Gasteiger partial charge in [0.25, 0.3) is 0 Å². The fraction of sp³-hybridized carbons (Fsp3) is 0.562. The van der Waals surface area contributed by atoms with Crippen molar-refractivity contribution in [2.24, 2.45) is 5.92 Å². The molecule has 1 N–H and O–H groups in total. The van der Waals surface area contributed by atoms with E-state index < -0.39 is 11.8 Å². The van der Waals surface area contributed by atoms with Gasteiger partial charge in [0.15, 0.2) is 18.2 Å². The Morgan fingerprint density at radius 2 is 2.00 bits per heavy atom. The van der Waals surface area contributed by atoms with E-state index in [9.17, 15) is 9.18 Å². The van der Waals surface area contributed by atoms with Crippen LogP contribution in [0.4, 0.5) is 4.39 Å². The van der Waals surface area contributed by atoms with Crippen molar-refractivity contribution in [3.05, 3.63) is 29.6 Å². The Bertz CT molecular complexity index is 461. The van der Waals surface area contributed by atoms with Gasteiger partial charge in [0.05, 0.1) is 6.10 Å². The molecule has 0 unspecified atom stereocenters. The fourth-order valence-electron chi connectivity index (χ4n) is 1.71. The van der Waals surface area contributed by atoms with Crippen LogP contribution in [0.25, 0.3) is 0 Å². The number of hydrogen-bond acceptors (Lipinski definition) is 4. The maximum absolute atomic E-state index is 13.8. The van der Waals surface area contributed by atoms with Crippen molar-refractivity contribution >= 4 is 5.97 Å². The van der Waals surface area contributed by atoms with Crippen molar-refractivity contribution in [3.63, 3.8) is 0 Å². The number of hydrogen-bond donors (Lipinski definition) is 1. The zero-order valence-corrected chi connectivity index (χ0v) is 13.1. The van der Waals surface area contributed by atoms with Crippen LogP contribution in [0.5, 0.6) is 5.75 Å². The lowest BCUT2D eigenvalue weighted by atomic mass is 10.2. The molecule has 0 aliphatic heterocycles. The lowest BCUT2D eigenvalue weighted by Gasteiger charge is -2.11. The van der Waals surface area contributed by atoms with Crippen LogP contribution in [-0.4, -0.2) is 25.2 Å². The van der Waals surface area contributed by atoms with Gasteiger partial charge >= 0.3 is 5.97 Å². The van der Waals surface area contributed by atoms with Crippen molar-refractivity contribution in [2.75, 3.05) is 13.2 Å². The molecule has 21 heavy (non-hydrogen) atoms. The lowest BCUT2D eigenvalue weighted by molar-refractivity contribution is -0.149. The molecule has 0 saturated heterocycles. The Labute approximate surface area is 125 Å². The number of rotatable bonds is 8. The first-order valence-corrected chi connectivity index (χ1v) is 7.20. The molecule has 0 amide bonds. The number of carbonyl (C=O) groups is 1. The molecule has 0 aliphatic carbocycles. The molecule has 0 aliphatic rings. The number of nitrogens with one attached hydrogen (secondary N) is 1. The summed E-state index contributed by atoms with van der Waals surface area (Å²) in [5.41, 5.74) is 0.838. The fourth-order valence-corrected chi connectivity index (χ4v) is 1.71. The van der Waals surface area contributed by atoms with Crippen LogP contribution in [0, 0.1) is 11.7 Å². The summed E-state index contributed by atoms with van der Waals surface area (Å²) < 4.78 is 23.9. The first kappa shape index (κ1) is 17.4. The first-order chi connectivity index (χ1) is 9.88. The summed E-state index contributed by atoms with van der Waals surface area (Å²) in [5, 5.41) is 3.24. The third-order valence-corrected chi connectivity index (χ3v) is 2.59. The highest BCUT2D eigenvalue weighted by Crippen LogP contribution is 2.18. The van der Waals surface area contributed by atoms with Crippen molar-refractivity contribution in [2.45, 2.75) is 40.3 Å². The van der Waals surface area contributed by atoms with Crippen LogP contribution in [0.1, 0.15) is 33.3 Å². The van der Waals surface area contributed by atoms with Gasteiger partial charge in [-0.2, -0.15) is 0 Å². The van der Waals surface area contributed by atoms with Crippen LogP contribution in [0.3, 0.4) is 0 Å². The number of ether oxygens (including phenoxy) is 2. The summed E-state index contributed by atoms with van der Waals surface area (Å²) in [7, 11) is 0. The van der Waals surface area contributed by atoms with Crippen LogP contribution in [0.2, 0.25) is 0 Å². The van der Waals surface area contributed by atoms with Gasteiger partial charge in [0.2, 0.25) is 0 Å². The highest BCUT2D eigenvalue weighted by atomic mass is 19.1. The second-order valence-corrected chi connectivity index (χ2v) is 5.62. The van der Waals surface area contributed by atoms with Gasteiger partial charge in [0, 0.05) is 6.54 Å². The summed E-state index contributed by atoms with van der Waals surface area (Å²) in [5.74, 6) is -0.379. The summed E-state index contributed by atoms with van der Waals surface area (Å²) in [6.07, 6.45) is -0.208. The second-order valence-electron chi connectivity index (χ2n) is 5.62. The van der Waals surface area contributed by atoms with Gasteiger partial charge in [0.1, 0.15) is 0 Å². The molecule has 5 heteroatoms. The molecule has 0 aromatic heterocycles. The zero-order valence-electron chi connectivity index (χ0n) is 13.1. The van der Waals surface area contributed by atoms with Crippen LogP contribution in [-0.2, 0) is 16.1 Å². The third kappa shape index (κ3) is 7.09. The zero-order chi connectivity index (χ0) is 15.8. The maximum Gasteiger partial charge on any atom is 0.344 e. The molecule has 4 nitrogen and oxygen atoms in total. The predicted molar refractivity (Wildman–Crippen MR) is 79.7 cm³/mol. The number of esters is 1. The molecular weight excluding hydrogens is 273 g/mol. The van der Waals surface area contributed by atoms with E-state index >= 15 is 0 Å². The smallest absolute Gasteiger partial charge is 0.344 e. The Morgan fingerprint density at radius 3 is 2.57 bits per heavy atom. The number of carbonyl (C=O) groups excluding carboxylic acids is 1. The van der Waals surface area contributed by atoms with Crippen LogP contribution >= 0.6 is 0 Å². The predicted octanol–water partition coefficient (Wildman–Crippen LogP) is 2.90. The first-order valence-electron chi connectivity index (χ1n) is 7.20. The molecular formula is C16H24FNO3. The van der Waals surface area contributed by atoms with Crippen LogP contribution in [0.15, 0.2) is 18.2 Å². The van der Waals surface area contributed by atoms with E-state index in [2.05, 4.69) is 19.2 Å². The van der Waals surface area contributed by atoms with E-state index in [0.717, 1.165) is 12.1 Å². The van der Waals surface area contributed by atoms with E-state index in [4.69, 9.17) is 9.47 Å². The van der Waals surface area contributed by atoms with Crippen molar-refractivity contribution in [1.29, 1.82) is 0 Å². The van der Waals surface area contributed by atoms with E-state index in [1.807, 2.05) is 0 Å². The number of halogens is 1. The molecule has 0 atom stereocenters. The Hall–Kier alpha value is -1.62. The monoisotopic (exact) mass is 297 g/mol. The molecule has 0 saturated carbocycles. The minimum atomic E-state index is -0.507. The van der Waals surface area contributed by atoms with Gasteiger partial charge in [-0.3, -0.25) is 0 Å². The third-order valence-electron chi connectivity index (χ3n) is 2.59. The summed E-state index contributed by atoms with van der Waals surface area (Å²) in [6.45, 7) is 8.90. The van der Waals surface area contributed by atoms with Gasteiger partial charge in [-0.25, -0.2) is 9.18 Å². The lowest BCUT2D eigenvalue weighted by Crippen LogP contribution is -2.20. The highest BCUT2D eigenvalue weighted by molar-refractivity contribution is 5.71. The largest absolute Gasteiger partial charge is 0.479 e. The molecule has 0 fully saturated rings. The molecule has 1 rings (SSSR count). The Kier molecular flexibility index (Phi) is 7.15. The quantitative estimate of drug-likeness (QED) is 0.750.